The molecule has 0 saturated carbocycles. The van der Waals surface area contributed by atoms with Crippen molar-refractivity contribution < 1.29 is 9.59 Å². The molecular formula is C19H15ClN2O2S. The summed E-state index contributed by atoms with van der Waals surface area (Å²) in [6, 6.07) is 15.7. The predicted molar refractivity (Wildman–Crippen MR) is 103 cm³/mol. The van der Waals surface area contributed by atoms with Crippen molar-refractivity contribution in [3.8, 4) is 0 Å². The first-order valence-corrected chi connectivity index (χ1v) is 8.81. The van der Waals surface area contributed by atoms with Gasteiger partial charge >= 0.3 is 0 Å². The Balaban J connectivity index is 1.74. The minimum Gasteiger partial charge on any atom is -0.322 e. The van der Waals surface area contributed by atoms with Crippen LogP contribution in [0.15, 0.2) is 60.0 Å². The highest BCUT2D eigenvalue weighted by molar-refractivity contribution is 7.12. The van der Waals surface area contributed by atoms with Gasteiger partial charge in [-0.25, -0.2) is 0 Å². The van der Waals surface area contributed by atoms with E-state index in [0.717, 1.165) is 5.56 Å². The van der Waals surface area contributed by atoms with Crippen LogP contribution in [-0.4, -0.2) is 11.8 Å². The van der Waals surface area contributed by atoms with Crippen molar-refractivity contribution in [1.29, 1.82) is 0 Å². The van der Waals surface area contributed by atoms with Gasteiger partial charge in [0.25, 0.3) is 11.8 Å². The molecule has 25 heavy (non-hydrogen) atoms. The summed E-state index contributed by atoms with van der Waals surface area (Å²) in [4.78, 5) is 25.2. The fourth-order valence-corrected chi connectivity index (χ4v) is 3.15. The molecule has 0 aliphatic rings. The third-order valence-electron chi connectivity index (χ3n) is 3.56. The van der Waals surface area contributed by atoms with Gasteiger partial charge in [0, 0.05) is 22.0 Å². The molecule has 1 aromatic heterocycles. The van der Waals surface area contributed by atoms with Crippen molar-refractivity contribution in [2.75, 3.05) is 10.6 Å². The largest absolute Gasteiger partial charge is 0.322 e. The van der Waals surface area contributed by atoms with Crippen LogP contribution in [0, 0.1) is 6.92 Å². The molecule has 0 aliphatic carbocycles. The first-order chi connectivity index (χ1) is 12.0. The van der Waals surface area contributed by atoms with Crippen LogP contribution in [0.3, 0.4) is 0 Å². The van der Waals surface area contributed by atoms with E-state index in [1.165, 1.54) is 11.3 Å². The van der Waals surface area contributed by atoms with Gasteiger partial charge in [-0.2, -0.15) is 0 Å². The minimum atomic E-state index is -0.252. The molecule has 3 rings (SSSR count). The molecule has 1 heterocycles. The third kappa shape index (κ3) is 4.26. The van der Waals surface area contributed by atoms with Crippen LogP contribution in [0.25, 0.3) is 0 Å². The maximum atomic E-state index is 12.5. The number of aryl methyl sites for hydroxylation is 1. The van der Waals surface area contributed by atoms with Gasteiger partial charge < -0.3 is 10.6 Å². The van der Waals surface area contributed by atoms with Gasteiger partial charge in [-0.05, 0) is 60.3 Å². The fraction of sp³-hybridized carbons (Fsp3) is 0.0526. The molecule has 0 bridgehead atoms. The summed E-state index contributed by atoms with van der Waals surface area (Å²) < 4.78 is 0. The van der Waals surface area contributed by atoms with Gasteiger partial charge in [0.05, 0.1) is 4.88 Å². The lowest BCUT2D eigenvalue weighted by Gasteiger charge is -2.10. The van der Waals surface area contributed by atoms with Crippen LogP contribution in [0.5, 0.6) is 0 Å². The molecule has 0 saturated heterocycles. The van der Waals surface area contributed by atoms with Crippen LogP contribution >= 0.6 is 22.9 Å². The van der Waals surface area contributed by atoms with Crippen molar-refractivity contribution in [3.63, 3.8) is 0 Å². The second-order valence-corrected chi connectivity index (χ2v) is 6.81. The maximum absolute atomic E-state index is 12.5. The summed E-state index contributed by atoms with van der Waals surface area (Å²) in [5.74, 6) is -0.446. The van der Waals surface area contributed by atoms with E-state index < -0.39 is 0 Å². The Hall–Kier alpha value is -2.63. The molecule has 126 valence electrons. The zero-order chi connectivity index (χ0) is 17.8. The lowest BCUT2D eigenvalue weighted by atomic mass is 10.1. The van der Waals surface area contributed by atoms with Gasteiger partial charge in [0.1, 0.15) is 0 Å². The number of hydrogen-bond donors (Lipinski definition) is 2. The van der Waals surface area contributed by atoms with Gasteiger partial charge in [0.2, 0.25) is 0 Å². The molecule has 2 amide bonds. The van der Waals surface area contributed by atoms with E-state index in [1.54, 1.807) is 48.5 Å². The van der Waals surface area contributed by atoms with Gasteiger partial charge in [-0.3, -0.25) is 9.59 Å². The second kappa shape index (κ2) is 7.51. The minimum absolute atomic E-state index is 0.193. The van der Waals surface area contributed by atoms with Crippen molar-refractivity contribution >= 4 is 46.1 Å². The van der Waals surface area contributed by atoms with Crippen LogP contribution in [0.2, 0.25) is 5.02 Å². The Morgan fingerprint density at radius 3 is 2.52 bits per heavy atom. The van der Waals surface area contributed by atoms with Crippen LogP contribution in [-0.2, 0) is 0 Å². The zero-order valence-corrected chi connectivity index (χ0v) is 14.9. The van der Waals surface area contributed by atoms with E-state index >= 15 is 0 Å². The van der Waals surface area contributed by atoms with E-state index in [0.29, 0.717) is 26.8 Å². The van der Waals surface area contributed by atoms with Crippen molar-refractivity contribution in [3.05, 3.63) is 81.0 Å². The molecule has 3 aromatic rings. The smallest absolute Gasteiger partial charge is 0.265 e. The summed E-state index contributed by atoms with van der Waals surface area (Å²) in [5, 5.41) is 8.11. The Bertz CT molecular complexity index is 923. The number of carbonyl (C=O) groups is 2. The molecular weight excluding hydrogens is 356 g/mol. The summed E-state index contributed by atoms with van der Waals surface area (Å²) in [6.07, 6.45) is 0. The highest BCUT2D eigenvalue weighted by atomic mass is 35.5. The van der Waals surface area contributed by atoms with E-state index in [1.807, 2.05) is 18.4 Å². The molecule has 0 unspecified atom stereocenters. The molecule has 2 aromatic carbocycles. The lowest BCUT2D eigenvalue weighted by Crippen LogP contribution is -2.14. The zero-order valence-electron chi connectivity index (χ0n) is 13.4. The molecule has 0 aliphatic heterocycles. The summed E-state index contributed by atoms with van der Waals surface area (Å²) in [5.41, 5.74) is 2.60. The Kier molecular flexibility index (Phi) is 5.16. The first kappa shape index (κ1) is 17.2. The highest BCUT2D eigenvalue weighted by Gasteiger charge is 2.11. The van der Waals surface area contributed by atoms with E-state index in [4.69, 9.17) is 11.6 Å². The summed E-state index contributed by atoms with van der Waals surface area (Å²) in [6.45, 7) is 1.87. The second-order valence-electron chi connectivity index (χ2n) is 5.43. The standard InChI is InChI=1S/C19H15ClN2O2S/c1-12-10-14(20)7-8-16(12)22-18(23)13-4-2-5-15(11-13)21-19(24)17-6-3-9-25-17/h2-11H,1H3,(H,21,24)(H,22,23). The number of nitrogens with one attached hydrogen (secondary N) is 2. The molecule has 6 heteroatoms. The van der Waals surface area contributed by atoms with Gasteiger partial charge in [-0.15, -0.1) is 11.3 Å². The van der Waals surface area contributed by atoms with E-state index in [9.17, 15) is 9.59 Å². The number of rotatable bonds is 4. The quantitative estimate of drug-likeness (QED) is 0.661. The normalized spacial score (nSPS) is 10.3. The molecule has 4 nitrogen and oxygen atoms in total. The summed E-state index contributed by atoms with van der Waals surface area (Å²) in [7, 11) is 0. The Morgan fingerprint density at radius 1 is 0.960 bits per heavy atom. The number of benzene rings is 2. The van der Waals surface area contributed by atoms with Crippen molar-refractivity contribution in [1.82, 2.24) is 0 Å². The molecule has 0 fully saturated rings. The molecule has 0 spiro atoms. The highest BCUT2D eigenvalue weighted by Crippen LogP contribution is 2.21. The average molecular weight is 371 g/mol. The fourth-order valence-electron chi connectivity index (χ4n) is 2.30. The Morgan fingerprint density at radius 2 is 1.80 bits per heavy atom. The van der Waals surface area contributed by atoms with Crippen LogP contribution < -0.4 is 10.6 Å². The molecule has 0 radical (unpaired) electrons. The number of anilines is 2. The number of carbonyl (C=O) groups excluding carboxylic acids is 2. The summed E-state index contributed by atoms with van der Waals surface area (Å²) >= 11 is 7.29. The lowest BCUT2D eigenvalue weighted by molar-refractivity contribution is 0.101. The van der Waals surface area contributed by atoms with Crippen LogP contribution in [0.1, 0.15) is 25.6 Å². The van der Waals surface area contributed by atoms with E-state index in [2.05, 4.69) is 10.6 Å². The number of hydrogen-bond acceptors (Lipinski definition) is 3. The topological polar surface area (TPSA) is 58.2 Å². The molecule has 2 N–H and O–H groups in total. The number of thiophene rings is 1. The van der Waals surface area contributed by atoms with Crippen LogP contribution in [0.4, 0.5) is 11.4 Å². The SMILES string of the molecule is Cc1cc(Cl)ccc1NC(=O)c1cccc(NC(=O)c2cccs2)c1. The molecule has 0 atom stereocenters. The average Bonchev–Trinajstić information content (AvgIpc) is 3.12. The number of amides is 2. The Labute approximate surface area is 154 Å². The predicted octanol–water partition coefficient (Wildman–Crippen LogP) is 5.21. The van der Waals surface area contributed by atoms with Crippen molar-refractivity contribution in [2.45, 2.75) is 6.92 Å². The monoisotopic (exact) mass is 370 g/mol. The van der Waals surface area contributed by atoms with E-state index in [-0.39, 0.29) is 11.8 Å². The first-order valence-electron chi connectivity index (χ1n) is 7.55. The third-order valence-corrected chi connectivity index (χ3v) is 4.67. The van der Waals surface area contributed by atoms with Gasteiger partial charge in [0.15, 0.2) is 0 Å². The maximum Gasteiger partial charge on any atom is 0.265 e. The van der Waals surface area contributed by atoms with Gasteiger partial charge in [-0.1, -0.05) is 23.7 Å². The number of halogens is 1. The van der Waals surface area contributed by atoms with Crippen molar-refractivity contribution in [2.24, 2.45) is 0 Å².